The van der Waals surface area contributed by atoms with Gasteiger partial charge in [-0.2, -0.15) is 0 Å². The highest BCUT2D eigenvalue weighted by atomic mass is 14.6. The van der Waals surface area contributed by atoms with E-state index in [4.69, 9.17) is 0 Å². The molecule has 0 radical (unpaired) electrons. The molecule has 168 valence electrons. The van der Waals surface area contributed by atoms with E-state index in [0.717, 1.165) is 35.5 Å². The van der Waals surface area contributed by atoms with Crippen molar-refractivity contribution in [2.75, 3.05) is 0 Å². The van der Waals surface area contributed by atoms with Gasteiger partial charge in [-0.05, 0) is 77.4 Å². The summed E-state index contributed by atoms with van der Waals surface area (Å²) < 4.78 is 0. The van der Waals surface area contributed by atoms with E-state index in [-0.39, 0.29) is 0 Å². The molecule has 28 heavy (non-hydrogen) atoms. The van der Waals surface area contributed by atoms with Crippen LogP contribution in [0.5, 0.6) is 0 Å². The Bertz CT molecular complexity index is 463. The molecule has 0 spiro atoms. The first-order valence-corrected chi connectivity index (χ1v) is 12.9. The SMILES string of the molecule is CCCC(C)(C)C(C)(CC)C(CC)C(C)C1(C)CCC(C)C(CC)C(C)C1C. The quantitative estimate of drug-likeness (QED) is 0.342. The molecule has 0 bridgehead atoms. The molecule has 8 unspecified atom stereocenters. The van der Waals surface area contributed by atoms with Gasteiger partial charge >= 0.3 is 0 Å². The Labute approximate surface area is 180 Å². The van der Waals surface area contributed by atoms with E-state index in [1.165, 1.54) is 44.9 Å². The standard InChI is InChI=1S/C28H56/c1-13-18-26(9,10)28(12,16-4)25(15-3)23(8)27(11)19-17-20(5)24(14-2)21(6)22(27)7/h20-25H,13-19H2,1-12H3. The number of rotatable bonds is 9. The third kappa shape index (κ3) is 4.51. The van der Waals surface area contributed by atoms with Crippen LogP contribution in [0.15, 0.2) is 0 Å². The zero-order chi connectivity index (χ0) is 21.9. The topological polar surface area (TPSA) is 0 Å². The molecule has 0 aliphatic heterocycles. The predicted molar refractivity (Wildman–Crippen MR) is 129 cm³/mol. The maximum atomic E-state index is 2.68. The van der Waals surface area contributed by atoms with E-state index in [1.807, 2.05) is 0 Å². The highest BCUT2D eigenvalue weighted by Gasteiger charge is 2.52. The molecule has 0 heteroatoms. The van der Waals surface area contributed by atoms with Gasteiger partial charge in [-0.3, -0.25) is 0 Å². The Morgan fingerprint density at radius 3 is 2.00 bits per heavy atom. The summed E-state index contributed by atoms with van der Waals surface area (Å²) in [7, 11) is 0. The van der Waals surface area contributed by atoms with Gasteiger partial charge in [0.15, 0.2) is 0 Å². The van der Waals surface area contributed by atoms with Crippen molar-refractivity contribution in [2.24, 2.45) is 51.8 Å². The second-order valence-electron chi connectivity index (χ2n) is 11.9. The van der Waals surface area contributed by atoms with Crippen molar-refractivity contribution in [1.29, 1.82) is 0 Å². The van der Waals surface area contributed by atoms with Crippen LogP contribution in [0.1, 0.15) is 128 Å². The Balaban J connectivity index is 3.35. The highest BCUT2D eigenvalue weighted by Crippen LogP contribution is 2.60. The van der Waals surface area contributed by atoms with Crippen molar-refractivity contribution in [3.63, 3.8) is 0 Å². The summed E-state index contributed by atoms with van der Waals surface area (Å²) in [6.45, 7) is 30.5. The summed E-state index contributed by atoms with van der Waals surface area (Å²) in [5.41, 5.74) is 1.27. The average molecular weight is 393 g/mol. The number of hydrogen-bond donors (Lipinski definition) is 0. The molecule has 1 fully saturated rings. The van der Waals surface area contributed by atoms with Gasteiger partial charge in [0, 0.05) is 0 Å². The molecular formula is C28H56. The van der Waals surface area contributed by atoms with Crippen molar-refractivity contribution >= 4 is 0 Å². The van der Waals surface area contributed by atoms with Crippen molar-refractivity contribution in [2.45, 2.75) is 128 Å². The molecule has 0 aromatic rings. The van der Waals surface area contributed by atoms with Crippen LogP contribution in [0.25, 0.3) is 0 Å². The van der Waals surface area contributed by atoms with Crippen molar-refractivity contribution in [3.05, 3.63) is 0 Å². The van der Waals surface area contributed by atoms with Crippen LogP contribution in [0.3, 0.4) is 0 Å². The normalized spacial score (nSPS) is 36.4. The van der Waals surface area contributed by atoms with Crippen LogP contribution in [0, 0.1) is 51.8 Å². The highest BCUT2D eigenvalue weighted by molar-refractivity contribution is 5.01. The van der Waals surface area contributed by atoms with E-state index >= 15 is 0 Å². The van der Waals surface area contributed by atoms with Crippen LogP contribution in [0.4, 0.5) is 0 Å². The molecular weight excluding hydrogens is 336 g/mol. The maximum Gasteiger partial charge on any atom is -0.0246 e. The molecule has 0 heterocycles. The van der Waals surface area contributed by atoms with Gasteiger partial charge in [0.2, 0.25) is 0 Å². The lowest BCUT2D eigenvalue weighted by molar-refractivity contribution is -0.0721. The zero-order valence-corrected chi connectivity index (χ0v) is 21.9. The first-order chi connectivity index (χ1) is 12.9. The smallest absolute Gasteiger partial charge is 0.0246 e. The summed E-state index contributed by atoms with van der Waals surface area (Å²) in [5, 5.41) is 0. The first kappa shape index (κ1) is 26.0. The maximum absolute atomic E-state index is 2.68. The molecule has 0 aromatic carbocycles. The van der Waals surface area contributed by atoms with Crippen molar-refractivity contribution in [1.82, 2.24) is 0 Å². The largest absolute Gasteiger partial charge is 0.0654 e. The first-order valence-electron chi connectivity index (χ1n) is 12.9. The van der Waals surface area contributed by atoms with Crippen LogP contribution >= 0.6 is 0 Å². The van der Waals surface area contributed by atoms with E-state index < -0.39 is 0 Å². The van der Waals surface area contributed by atoms with Gasteiger partial charge in [0.05, 0.1) is 0 Å². The van der Waals surface area contributed by atoms with Gasteiger partial charge < -0.3 is 0 Å². The zero-order valence-electron chi connectivity index (χ0n) is 21.9. The Morgan fingerprint density at radius 2 is 1.57 bits per heavy atom. The Morgan fingerprint density at radius 1 is 1.00 bits per heavy atom. The second kappa shape index (κ2) is 9.87. The third-order valence-electron chi connectivity index (χ3n) is 10.9. The molecule has 0 saturated heterocycles. The Hall–Kier alpha value is 0. The lowest BCUT2D eigenvalue weighted by Crippen LogP contribution is -2.49. The van der Waals surface area contributed by atoms with Gasteiger partial charge in [0.1, 0.15) is 0 Å². The summed E-state index contributed by atoms with van der Waals surface area (Å²) in [5.74, 6) is 5.00. The van der Waals surface area contributed by atoms with Crippen LogP contribution in [0.2, 0.25) is 0 Å². The van der Waals surface area contributed by atoms with Gasteiger partial charge in [0.25, 0.3) is 0 Å². The minimum atomic E-state index is 0.403. The summed E-state index contributed by atoms with van der Waals surface area (Å²) in [4.78, 5) is 0. The minimum absolute atomic E-state index is 0.403. The van der Waals surface area contributed by atoms with Crippen LogP contribution in [-0.2, 0) is 0 Å². The van der Waals surface area contributed by atoms with Gasteiger partial charge in [-0.15, -0.1) is 0 Å². The van der Waals surface area contributed by atoms with E-state index in [2.05, 4.69) is 83.1 Å². The molecule has 0 aromatic heterocycles. The van der Waals surface area contributed by atoms with Crippen LogP contribution < -0.4 is 0 Å². The third-order valence-corrected chi connectivity index (χ3v) is 10.9. The lowest BCUT2D eigenvalue weighted by atomic mass is 9.49. The Kier molecular flexibility index (Phi) is 9.18. The fourth-order valence-corrected chi connectivity index (χ4v) is 7.86. The molecule has 1 aliphatic carbocycles. The predicted octanol–water partition coefficient (Wildman–Crippen LogP) is 9.63. The van der Waals surface area contributed by atoms with Gasteiger partial charge in [-0.25, -0.2) is 0 Å². The summed E-state index contributed by atoms with van der Waals surface area (Å²) in [6, 6.07) is 0. The van der Waals surface area contributed by atoms with E-state index in [9.17, 15) is 0 Å². The van der Waals surface area contributed by atoms with Crippen LogP contribution in [-0.4, -0.2) is 0 Å². The monoisotopic (exact) mass is 392 g/mol. The lowest BCUT2D eigenvalue weighted by Gasteiger charge is -2.56. The number of hydrogen-bond acceptors (Lipinski definition) is 0. The molecule has 1 rings (SSSR count). The molecule has 1 aliphatic rings. The summed E-state index contributed by atoms with van der Waals surface area (Å²) in [6.07, 6.45) is 9.46. The average Bonchev–Trinajstić information content (AvgIpc) is 2.72. The molecule has 0 nitrogen and oxygen atoms in total. The molecule has 0 N–H and O–H groups in total. The molecule has 8 atom stereocenters. The molecule has 1 saturated carbocycles. The van der Waals surface area contributed by atoms with E-state index in [0.29, 0.717) is 16.2 Å². The second-order valence-corrected chi connectivity index (χ2v) is 11.9. The fraction of sp³-hybridized carbons (Fsp3) is 1.00. The minimum Gasteiger partial charge on any atom is -0.0654 e. The van der Waals surface area contributed by atoms with Crippen molar-refractivity contribution < 1.29 is 0 Å². The fourth-order valence-electron chi connectivity index (χ4n) is 7.86. The van der Waals surface area contributed by atoms with Crippen molar-refractivity contribution in [3.8, 4) is 0 Å². The van der Waals surface area contributed by atoms with Gasteiger partial charge in [-0.1, -0.05) is 102 Å². The molecule has 0 amide bonds. The summed E-state index contributed by atoms with van der Waals surface area (Å²) >= 11 is 0. The van der Waals surface area contributed by atoms with E-state index in [1.54, 1.807) is 0 Å².